The van der Waals surface area contributed by atoms with Gasteiger partial charge in [0.25, 0.3) is 11.5 Å². The van der Waals surface area contributed by atoms with Crippen molar-refractivity contribution in [2.45, 2.75) is 71.9 Å². The van der Waals surface area contributed by atoms with Crippen LogP contribution in [0.4, 0.5) is 0 Å². The number of carbonyl (C=O) groups is 1. The first-order valence-corrected chi connectivity index (χ1v) is 10.7. The van der Waals surface area contributed by atoms with E-state index >= 15 is 0 Å². The van der Waals surface area contributed by atoms with Crippen LogP contribution < -0.4 is 10.3 Å². The number of benzene rings is 1. The summed E-state index contributed by atoms with van der Waals surface area (Å²) in [5.74, 6) is 0.703. The van der Waals surface area contributed by atoms with E-state index in [2.05, 4.69) is 31.9 Å². The van der Waals surface area contributed by atoms with Crippen LogP contribution in [-0.4, -0.2) is 39.8 Å². The summed E-state index contributed by atoms with van der Waals surface area (Å²) in [6.45, 7) is 13.3. The summed E-state index contributed by atoms with van der Waals surface area (Å²) in [7, 11) is 0. The molecule has 1 aromatic carbocycles. The number of amides is 1. The molecule has 0 saturated carbocycles. The van der Waals surface area contributed by atoms with Gasteiger partial charge in [-0.1, -0.05) is 26.8 Å². The zero-order valence-corrected chi connectivity index (χ0v) is 18.9. The molecule has 0 radical (unpaired) electrons. The van der Waals surface area contributed by atoms with Crippen molar-refractivity contribution in [1.29, 1.82) is 0 Å². The van der Waals surface area contributed by atoms with Crippen LogP contribution in [0.2, 0.25) is 0 Å². The Bertz CT molecular complexity index is 946. The van der Waals surface area contributed by atoms with Crippen LogP contribution >= 0.6 is 0 Å². The Labute approximate surface area is 178 Å². The van der Waals surface area contributed by atoms with E-state index in [4.69, 9.17) is 4.74 Å². The van der Waals surface area contributed by atoms with Crippen LogP contribution in [0.15, 0.2) is 35.1 Å². The maximum Gasteiger partial charge on any atom is 0.267 e. The van der Waals surface area contributed by atoms with Gasteiger partial charge in [-0.3, -0.25) is 9.59 Å². The molecular formula is C24H33N3O3. The number of piperidine rings is 1. The standard InChI is InChI=1S/C24H33N3O3/c1-16-13-17(2)15-20(14-16)30-18(3)23(29)26-11-9-19(10-12-26)27-22(28)8-7-21(25-27)24(4,5)6/h7-8,13-15,18-19H,9-12H2,1-6H3. The largest absolute Gasteiger partial charge is 0.481 e. The second kappa shape index (κ2) is 8.62. The van der Waals surface area contributed by atoms with E-state index in [-0.39, 0.29) is 22.9 Å². The fraction of sp³-hybridized carbons (Fsp3) is 0.542. The first-order valence-electron chi connectivity index (χ1n) is 10.7. The number of hydrogen-bond donors (Lipinski definition) is 0. The van der Waals surface area contributed by atoms with Gasteiger partial charge in [0.15, 0.2) is 6.10 Å². The van der Waals surface area contributed by atoms with Gasteiger partial charge in [0.1, 0.15) is 5.75 Å². The number of likely N-dealkylation sites (tertiary alicyclic amines) is 1. The Morgan fingerprint density at radius 1 is 1.10 bits per heavy atom. The van der Waals surface area contributed by atoms with Crippen LogP contribution in [0.3, 0.4) is 0 Å². The van der Waals surface area contributed by atoms with Crippen molar-refractivity contribution in [3.05, 3.63) is 57.5 Å². The SMILES string of the molecule is Cc1cc(C)cc(OC(C)C(=O)N2CCC(n3nc(C(C)(C)C)ccc3=O)CC2)c1. The van der Waals surface area contributed by atoms with Crippen LogP contribution in [0.1, 0.15) is 63.4 Å². The van der Waals surface area contributed by atoms with Gasteiger partial charge in [-0.2, -0.15) is 5.10 Å². The Morgan fingerprint density at radius 3 is 2.27 bits per heavy atom. The summed E-state index contributed by atoms with van der Waals surface area (Å²) in [5.41, 5.74) is 2.92. The number of carbonyl (C=O) groups excluding carboxylic acids is 1. The van der Waals surface area contributed by atoms with Crippen LogP contribution in [0.5, 0.6) is 5.75 Å². The summed E-state index contributed by atoms with van der Waals surface area (Å²) in [4.78, 5) is 27.1. The Hall–Kier alpha value is -2.63. The van der Waals surface area contributed by atoms with Crippen molar-refractivity contribution < 1.29 is 9.53 Å². The summed E-state index contributed by atoms with van der Waals surface area (Å²) >= 11 is 0. The summed E-state index contributed by atoms with van der Waals surface area (Å²) < 4.78 is 7.52. The maximum atomic E-state index is 12.9. The summed E-state index contributed by atoms with van der Waals surface area (Å²) in [5, 5.41) is 4.62. The average Bonchev–Trinajstić information content (AvgIpc) is 2.66. The number of nitrogens with zero attached hydrogens (tertiary/aromatic N) is 3. The molecule has 2 heterocycles. The summed E-state index contributed by atoms with van der Waals surface area (Å²) in [6, 6.07) is 9.40. The minimum Gasteiger partial charge on any atom is -0.481 e. The Kier molecular flexibility index (Phi) is 6.34. The molecular weight excluding hydrogens is 378 g/mol. The van der Waals surface area contributed by atoms with Crippen molar-refractivity contribution >= 4 is 5.91 Å². The van der Waals surface area contributed by atoms with E-state index in [0.717, 1.165) is 22.6 Å². The first-order chi connectivity index (χ1) is 14.0. The minimum atomic E-state index is -0.548. The number of aryl methyl sites for hydroxylation is 2. The zero-order valence-electron chi connectivity index (χ0n) is 18.9. The van der Waals surface area contributed by atoms with Gasteiger partial charge in [-0.15, -0.1) is 0 Å². The topological polar surface area (TPSA) is 64.4 Å². The molecule has 1 fully saturated rings. The molecule has 6 nitrogen and oxygen atoms in total. The van der Waals surface area contributed by atoms with E-state index < -0.39 is 6.10 Å². The predicted molar refractivity (Wildman–Crippen MR) is 118 cm³/mol. The molecule has 1 aliphatic rings. The smallest absolute Gasteiger partial charge is 0.267 e. The molecule has 162 valence electrons. The van der Waals surface area contributed by atoms with E-state index in [1.54, 1.807) is 17.7 Å². The molecule has 1 aliphatic heterocycles. The highest BCUT2D eigenvalue weighted by Crippen LogP contribution is 2.24. The van der Waals surface area contributed by atoms with Gasteiger partial charge in [-0.25, -0.2) is 4.68 Å². The third-order valence-electron chi connectivity index (χ3n) is 5.57. The molecule has 0 bridgehead atoms. The Balaban J connectivity index is 1.64. The molecule has 0 N–H and O–H groups in total. The average molecular weight is 412 g/mol. The molecule has 2 aromatic rings. The second-order valence-corrected chi connectivity index (χ2v) is 9.39. The third kappa shape index (κ3) is 5.10. The second-order valence-electron chi connectivity index (χ2n) is 9.39. The molecule has 3 rings (SSSR count). The van der Waals surface area contributed by atoms with Crippen LogP contribution in [0.25, 0.3) is 0 Å². The van der Waals surface area contributed by atoms with Crippen molar-refractivity contribution in [2.24, 2.45) is 0 Å². The van der Waals surface area contributed by atoms with Crippen molar-refractivity contribution in [2.75, 3.05) is 13.1 Å². The molecule has 6 heteroatoms. The molecule has 1 aromatic heterocycles. The fourth-order valence-corrected chi connectivity index (χ4v) is 3.93. The van der Waals surface area contributed by atoms with Gasteiger partial charge in [0.2, 0.25) is 0 Å². The van der Waals surface area contributed by atoms with Crippen LogP contribution in [-0.2, 0) is 10.2 Å². The fourth-order valence-electron chi connectivity index (χ4n) is 3.93. The van der Waals surface area contributed by atoms with Gasteiger partial charge in [0, 0.05) is 24.6 Å². The number of ether oxygens (including phenoxy) is 1. The van der Waals surface area contributed by atoms with Gasteiger partial charge >= 0.3 is 0 Å². The lowest BCUT2D eigenvalue weighted by atomic mass is 9.92. The number of rotatable bonds is 4. The van der Waals surface area contributed by atoms with Crippen LogP contribution in [0, 0.1) is 13.8 Å². The lowest BCUT2D eigenvalue weighted by molar-refractivity contribution is -0.139. The first kappa shape index (κ1) is 22.1. The van der Waals surface area contributed by atoms with Crippen molar-refractivity contribution in [1.82, 2.24) is 14.7 Å². The molecule has 1 unspecified atom stereocenters. The van der Waals surface area contributed by atoms with E-state index in [1.807, 2.05) is 36.9 Å². The lowest BCUT2D eigenvalue weighted by Gasteiger charge is -2.34. The molecule has 1 amide bonds. The quantitative estimate of drug-likeness (QED) is 0.768. The van der Waals surface area contributed by atoms with Gasteiger partial charge < -0.3 is 9.64 Å². The highest BCUT2D eigenvalue weighted by atomic mass is 16.5. The third-order valence-corrected chi connectivity index (χ3v) is 5.57. The molecule has 30 heavy (non-hydrogen) atoms. The Morgan fingerprint density at radius 2 is 1.70 bits per heavy atom. The summed E-state index contributed by atoms with van der Waals surface area (Å²) in [6.07, 6.45) is 0.873. The normalized spacial score (nSPS) is 16.4. The lowest BCUT2D eigenvalue weighted by Crippen LogP contribution is -2.46. The zero-order chi connectivity index (χ0) is 22.1. The number of hydrogen-bond acceptors (Lipinski definition) is 4. The van der Waals surface area contributed by atoms with Gasteiger partial charge in [0.05, 0.1) is 11.7 Å². The van der Waals surface area contributed by atoms with E-state index in [1.165, 1.54) is 0 Å². The molecule has 1 atom stereocenters. The number of aromatic nitrogens is 2. The van der Waals surface area contributed by atoms with E-state index in [9.17, 15) is 9.59 Å². The maximum absolute atomic E-state index is 12.9. The molecule has 0 aliphatic carbocycles. The highest BCUT2D eigenvalue weighted by molar-refractivity contribution is 5.81. The van der Waals surface area contributed by atoms with Crippen molar-refractivity contribution in [3.8, 4) is 5.75 Å². The molecule has 0 spiro atoms. The van der Waals surface area contributed by atoms with Crippen molar-refractivity contribution in [3.63, 3.8) is 0 Å². The molecule has 1 saturated heterocycles. The monoisotopic (exact) mass is 411 g/mol. The minimum absolute atomic E-state index is 0.0134. The van der Waals surface area contributed by atoms with Gasteiger partial charge in [-0.05, 0) is 62.9 Å². The highest BCUT2D eigenvalue weighted by Gasteiger charge is 2.29. The predicted octanol–water partition coefficient (Wildman–Crippen LogP) is 3.79. The van der Waals surface area contributed by atoms with E-state index in [0.29, 0.717) is 25.9 Å².